The number of rotatable bonds is 3. The number of nitrogens with one attached hydrogen (secondary N) is 2. The van der Waals surface area contributed by atoms with E-state index in [0.29, 0.717) is 5.56 Å². The third kappa shape index (κ3) is 2.34. The smallest absolute Gasteiger partial charge is 0.270 e. The van der Waals surface area contributed by atoms with Crippen LogP contribution in [0.2, 0.25) is 0 Å². The summed E-state index contributed by atoms with van der Waals surface area (Å²) in [6, 6.07) is 3.20. The Kier molecular flexibility index (Phi) is 2.92. The molecule has 2 aromatic rings. The molecule has 2 heterocycles. The zero-order valence-corrected chi connectivity index (χ0v) is 8.95. The number of tetrazole rings is 1. The van der Waals surface area contributed by atoms with E-state index in [0.717, 1.165) is 0 Å². The van der Waals surface area contributed by atoms with Crippen molar-refractivity contribution in [3.63, 3.8) is 0 Å². The first-order valence-electron chi connectivity index (χ1n) is 4.67. The van der Waals surface area contributed by atoms with E-state index in [1.54, 1.807) is 19.2 Å². The van der Waals surface area contributed by atoms with Gasteiger partial charge in [0, 0.05) is 6.20 Å². The number of carbonyl (C=O) groups is 1. The predicted octanol–water partition coefficient (Wildman–Crippen LogP) is -0.857. The maximum Gasteiger partial charge on any atom is 0.270 e. The van der Waals surface area contributed by atoms with Gasteiger partial charge in [-0.25, -0.2) is 10.8 Å². The van der Waals surface area contributed by atoms with E-state index in [2.05, 4.69) is 31.1 Å². The third-order valence-electron chi connectivity index (χ3n) is 1.92. The molecule has 0 radical (unpaired) electrons. The Labute approximate surface area is 96.0 Å². The van der Waals surface area contributed by atoms with Gasteiger partial charge in [-0.15, -0.1) is 5.10 Å². The van der Waals surface area contributed by atoms with Crippen LogP contribution in [0.25, 0.3) is 0 Å². The number of hydrogen-bond acceptors (Lipinski definition) is 7. The number of pyridine rings is 1. The standard InChI is InChI=1S/C8H10N8O/c1-16-14-8(13-15-16)11-7(17)5-3-2-4-10-6(5)12-9/h2-4H,9H2,1H3,(H,10,12)(H,11,14,17). The maximum atomic E-state index is 11.8. The Hall–Kier alpha value is -2.55. The van der Waals surface area contributed by atoms with Gasteiger partial charge in [0.25, 0.3) is 11.9 Å². The molecular weight excluding hydrogens is 224 g/mol. The number of nitrogens with two attached hydrogens (primary N) is 1. The second-order valence-corrected chi connectivity index (χ2v) is 3.10. The van der Waals surface area contributed by atoms with Crippen molar-refractivity contribution in [2.75, 3.05) is 10.7 Å². The second-order valence-electron chi connectivity index (χ2n) is 3.10. The Balaban J connectivity index is 2.20. The summed E-state index contributed by atoms with van der Waals surface area (Å²) < 4.78 is 0. The summed E-state index contributed by atoms with van der Waals surface area (Å²) in [6.07, 6.45) is 1.52. The van der Waals surface area contributed by atoms with Crippen molar-refractivity contribution in [3.8, 4) is 0 Å². The first-order valence-corrected chi connectivity index (χ1v) is 4.67. The number of aryl methyl sites for hydroxylation is 1. The van der Waals surface area contributed by atoms with E-state index in [4.69, 9.17) is 5.84 Å². The summed E-state index contributed by atoms with van der Waals surface area (Å²) in [4.78, 5) is 17.0. The minimum atomic E-state index is -0.418. The highest BCUT2D eigenvalue weighted by Crippen LogP contribution is 2.11. The number of anilines is 2. The summed E-state index contributed by atoms with van der Waals surface area (Å²) in [5, 5.41) is 13.5. The maximum absolute atomic E-state index is 11.8. The lowest BCUT2D eigenvalue weighted by Crippen LogP contribution is -2.18. The van der Waals surface area contributed by atoms with Crippen LogP contribution >= 0.6 is 0 Å². The Bertz CT molecular complexity index is 536. The number of carbonyl (C=O) groups excluding carboxylic acids is 1. The lowest BCUT2D eigenvalue weighted by atomic mass is 10.2. The SMILES string of the molecule is Cn1nnc(NC(=O)c2cccnc2NN)n1. The molecule has 0 aromatic carbocycles. The van der Waals surface area contributed by atoms with Crippen LogP contribution in [-0.4, -0.2) is 31.1 Å². The molecule has 1 amide bonds. The zero-order chi connectivity index (χ0) is 12.3. The van der Waals surface area contributed by atoms with E-state index in [1.807, 2.05) is 0 Å². The fraction of sp³-hybridized carbons (Fsp3) is 0.125. The van der Waals surface area contributed by atoms with Crippen molar-refractivity contribution >= 4 is 17.7 Å². The van der Waals surface area contributed by atoms with Crippen LogP contribution < -0.4 is 16.6 Å². The second kappa shape index (κ2) is 4.53. The highest BCUT2D eigenvalue weighted by Gasteiger charge is 2.13. The summed E-state index contributed by atoms with van der Waals surface area (Å²) in [5.74, 6) is 5.22. The average Bonchev–Trinajstić information content (AvgIpc) is 2.74. The molecule has 0 bridgehead atoms. The van der Waals surface area contributed by atoms with Crippen molar-refractivity contribution in [1.29, 1.82) is 0 Å². The fourth-order valence-electron chi connectivity index (χ4n) is 1.21. The van der Waals surface area contributed by atoms with Crippen LogP contribution in [0.15, 0.2) is 18.3 Å². The van der Waals surface area contributed by atoms with Gasteiger partial charge in [0.15, 0.2) is 5.82 Å². The van der Waals surface area contributed by atoms with E-state index in [-0.39, 0.29) is 11.8 Å². The predicted molar refractivity (Wildman–Crippen MR) is 58.8 cm³/mol. The number of hydrazine groups is 1. The number of nitrogen functional groups attached to an aromatic ring is 1. The third-order valence-corrected chi connectivity index (χ3v) is 1.92. The van der Waals surface area contributed by atoms with E-state index in [9.17, 15) is 4.79 Å². The van der Waals surface area contributed by atoms with Gasteiger partial charge < -0.3 is 5.43 Å². The molecule has 0 saturated carbocycles. The van der Waals surface area contributed by atoms with Crippen LogP contribution in [0.5, 0.6) is 0 Å². The molecule has 17 heavy (non-hydrogen) atoms. The van der Waals surface area contributed by atoms with Gasteiger partial charge in [-0.3, -0.25) is 10.1 Å². The van der Waals surface area contributed by atoms with Crippen molar-refractivity contribution in [3.05, 3.63) is 23.9 Å². The van der Waals surface area contributed by atoms with Crippen LogP contribution in [-0.2, 0) is 7.05 Å². The normalized spacial score (nSPS) is 10.0. The fourth-order valence-corrected chi connectivity index (χ4v) is 1.21. The van der Waals surface area contributed by atoms with Crippen LogP contribution in [0.3, 0.4) is 0 Å². The van der Waals surface area contributed by atoms with E-state index < -0.39 is 5.91 Å². The number of hydrogen-bond donors (Lipinski definition) is 3. The number of aromatic nitrogens is 5. The minimum Gasteiger partial charge on any atom is -0.308 e. The Morgan fingerprint density at radius 3 is 3.00 bits per heavy atom. The van der Waals surface area contributed by atoms with Crippen LogP contribution in [0.4, 0.5) is 11.8 Å². The number of nitrogens with zero attached hydrogens (tertiary/aromatic N) is 5. The van der Waals surface area contributed by atoms with Gasteiger partial charge in [-0.2, -0.15) is 4.80 Å². The molecule has 0 atom stereocenters. The van der Waals surface area contributed by atoms with E-state index in [1.165, 1.54) is 11.0 Å². The molecule has 0 spiro atoms. The molecule has 0 aliphatic heterocycles. The van der Waals surface area contributed by atoms with Crippen LogP contribution in [0.1, 0.15) is 10.4 Å². The van der Waals surface area contributed by atoms with Crippen molar-refractivity contribution < 1.29 is 4.79 Å². The molecule has 0 saturated heterocycles. The first kappa shape index (κ1) is 11.0. The lowest BCUT2D eigenvalue weighted by molar-refractivity contribution is 0.102. The molecule has 88 valence electrons. The summed E-state index contributed by atoms with van der Waals surface area (Å²) in [7, 11) is 1.60. The van der Waals surface area contributed by atoms with Gasteiger partial charge in [-0.1, -0.05) is 5.10 Å². The Morgan fingerprint density at radius 2 is 2.35 bits per heavy atom. The summed E-state index contributed by atoms with van der Waals surface area (Å²) in [6.45, 7) is 0. The summed E-state index contributed by atoms with van der Waals surface area (Å²) in [5.41, 5.74) is 2.63. The number of amides is 1. The molecule has 0 fully saturated rings. The van der Waals surface area contributed by atoms with E-state index >= 15 is 0 Å². The van der Waals surface area contributed by atoms with Crippen molar-refractivity contribution in [2.24, 2.45) is 12.9 Å². The molecule has 0 aliphatic rings. The molecule has 2 rings (SSSR count). The lowest BCUT2D eigenvalue weighted by Gasteiger charge is -2.05. The molecule has 9 nitrogen and oxygen atoms in total. The van der Waals surface area contributed by atoms with Crippen molar-refractivity contribution in [1.82, 2.24) is 25.2 Å². The molecule has 2 aromatic heterocycles. The highest BCUT2D eigenvalue weighted by molar-refractivity contribution is 6.06. The van der Waals surface area contributed by atoms with Gasteiger partial charge in [0.05, 0.1) is 12.6 Å². The topological polar surface area (TPSA) is 124 Å². The molecule has 0 aliphatic carbocycles. The Morgan fingerprint density at radius 1 is 1.53 bits per heavy atom. The monoisotopic (exact) mass is 234 g/mol. The molecule has 4 N–H and O–H groups in total. The van der Waals surface area contributed by atoms with Gasteiger partial charge >= 0.3 is 0 Å². The quantitative estimate of drug-likeness (QED) is 0.466. The highest BCUT2D eigenvalue weighted by atomic mass is 16.1. The zero-order valence-electron chi connectivity index (χ0n) is 8.95. The molecular formula is C8H10N8O. The summed E-state index contributed by atoms with van der Waals surface area (Å²) >= 11 is 0. The van der Waals surface area contributed by atoms with Gasteiger partial charge in [-0.05, 0) is 17.3 Å². The molecule has 9 heteroatoms. The average molecular weight is 234 g/mol. The minimum absolute atomic E-state index is 0.115. The van der Waals surface area contributed by atoms with Gasteiger partial charge in [0.2, 0.25) is 0 Å². The largest absolute Gasteiger partial charge is 0.308 e. The first-order chi connectivity index (χ1) is 8.20. The van der Waals surface area contributed by atoms with Crippen molar-refractivity contribution in [2.45, 2.75) is 0 Å². The molecule has 0 unspecified atom stereocenters. The van der Waals surface area contributed by atoms with Crippen LogP contribution in [0, 0.1) is 0 Å². The van der Waals surface area contributed by atoms with Gasteiger partial charge in [0.1, 0.15) is 0 Å².